The number of rotatable bonds is 5. The normalized spacial score (nSPS) is 16.8. The summed E-state index contributed by atoms with van der Waals surface area (Å²) in [6.45, 7) is 0. The molecule has 0 bridgehead atoms. The van der Waals surface area contributed by atoms with Gasteiger partial charge in [0.15, 0.2) is 0 Å². The average Bonchev–Trinajstić information content (AvgIpc) is 2.90. The summed E-state index contributed by atoms with van der Waals surface area (Å²) >= 11 is 18.6. The van der Waals surface area contributed by atoms with Crippen molar-refractivity contribution in [2.24, 2.45) is 0 Å². The van der Waals surface area contributed by atoms with Crippen LogP contribution in [0, 0.1) is 0 Å². The van der Waals surface area contributed by atoms with Gasteiger partial charge in [0, 0.05) is 22.0 Å². The number of carbonyl (C=O) groups is 2. The number of thiocarbonyl (C=S) groups is 1. The second-order valence-corrected chi connectivity index (χ2v) is 8.22. The Morgan fingerprint density at radius 3 is 2.37 bits per heavy atom. The zero-order valence-corrected chi connectivity index (χ0v) is 16.9. The van der Waals surface area contributed by atoms with Crippen molar-refractivity contribution in [2.45, 2.75) is 12.5 Å². The molecule has 1 saturated heterocycles. The van der Waals surface area contributed by atoms with Crippen molar-refractivity contribution in [2.75, 3.05) is 0 Å². The van der Waals surface area contributed by atoms with Gasteiger partial charge < -0.3 is 5.11 Å². The fourth-order valence-corrected chi connectivity index (χ4v) is 4.50. The van der Waals surface area contributed by atoms with Gasteiger partial charge in [0.25, 0.3) is 5.91 Å². The predicted octanol–water partition coefficient (Wildman–Crippen LogP) is 4.89. The molecule has 1 atom stereocenters. The molecule has 4 nitrogen and oxygen atoms in total. The van der Waals surface area contributed by atoms with Crippen LogP contribution in [0.2, 0.25) is 10.0 Å². The van der Waals surface area contributed by atoms with Crippen LogP contribution in [0.15, 0.2) is 53.4 Å². The number of aliphatic carboxylic acids is 1. The van der Waals surface area contributed by atoms with E-state index in [0.717, 1.165) is 22.2 Å². The Labute approximate surface area is 175 Å². The highest BCUT2D eigenvalue weighted by Crippen LogP contribution is 2.37. The first-order valence-corrected chi connectivity index (χ1v) is 9.84. The highest BCUT2D eigenvalue weighted by Gasteiger charge is 2.40. The van der Waals surface area contributed by atoms with Crippen molar-refractivity contribution in [3.63, 3.8) is 0 Å². The van der Waals surface area contributed by atoms with Crippen LogP contribution in [0.5, 0.6) is 0 Å². The number of hydrogen-bond acceptors (Lipinski definition) is 4. The summed E-state index contributed by atoms with van der Waals surface area (Å²) in [6, 6.07) is 13.0. The lowest BCUT2D eigenvalue weighted by Gasteiger charge is -2.23. The van der Waals surface area contributed by atoms with Gasteiger partial charge >= 0.3 is 5.97 Å². The lowest BCUT2D eigenvalue weighted by atomic mass is 10.0. The molecule has 0 aromatic heterocycles. The van der Waals surface area contributed by atoms with Gasteiger partial charge in [-0.15, -0.1) is 0 Å². The lowest BCUT2D eigenvalue weighted by Crippen LogP contribution is -2.45. The molecule has 1 aliphatic rings. The van der Waals surface area contributed by atoms with Crippen LogP contribution in [-0.2, 0) is 16.0 Å². The highest BCUT2D eigenvalue weighted by molar-refractivity contribution is 8.26. The Morgan fingerprint density at radius 1 is 1.15 bits per heavy atom. The Kier molecular flexibility index (Phi) is 6.22. The van der Waals surface area contributed by atoms with E-state index in [9.17, 15) is 14.7 Å². The van der Waals surface area contributed by atoms with Crippen molar-refractivity contribution in [1.82, 2.24) is 4.90 Å². The van der Waals surface area contributed by atoms with Gasteiger partial charge in [-0.1, -0.05) is 83.6 Å². The SMILES string of the molecule is O=C(O)[C@@H](Cc1ccccc1)N1C(=O)/C(=C/c2c(Cl)cccc2Cl)SC1=S. The molecule has 1 amide bonds. The Hall–Kier alpha value is -1.86. The molecule has 0 unspecified atom stereocenters. The Morgan fingerprint density at radius 2 is 1.78 bits per heavy atom. The van der Waals surface area contributed by atoms with Crippen molar-refractivity contribution >= 4 is 69.5 Å². The van der Waals surface area contributed by atoms with Crippen molar-refractivity contribution in [3.8, 4) is 0 Å². The minimum atomic E-state index is -1.12. The van der Waals surface area contributed by atoms with E-state index in [-0.39, 0.29) is 15.6 Å². The van der Waals surface area contributed by atoms with Gasteiger partial charge in [0.2, 0.25) is 0 Å². The summed E-state index contributed by atoms with van der Waals surface area (Å²) in [5.74, 6) is -1.59. The van der Waals surface area contributed by atoms with E-state index in [4.69, 9.17) is 35.4 Å². The molecular weight excluding hydrogens is 425 g/mol. The number of carbonyl (C=O) groups excluding carboxylic acids is 1. The monoisotopic (exact) mass is 437 g/mol. The molecule has 1 aliphatic heterocycles. The molecule has 1 fully saturated rings. The fourth-order valence-electron chi connectivity index (χ4n) is 2.65. The van der Waals surface area contributed by atoms with E-state index in [1.165, 1.54) is 0 Å². The number of benzene rings is 2. The summed E-state index contributed by atoms with van der Waals surface area (Å²) in [5.41, 5.74) is 1.30. The summed E-state index contributed by atoms with van der Waals surface area (Å²) in [5, 5.41) is 10.5. The van der Waals surface area contributed by atoms with Crippen LogP contribution in [0.3, 0.4) is 0 Å². The first-order valence-electron chi connectivity index (χ1n) is 7.86. The van der Waals surface area contributed by atoms with E-state index in [0.29, 0.717) is 15.6 Å². The molecule has 138 valence electrons. The van der Waals surface area contributed by atoms with E-state index in [2.05, 4.69) is 0 Å². The quantitative estimate of drug-likeness (QED) is 0.532. The van der Waals surface area contributed by atoms with Gasteiger partial charge in [0.1, 0.15) is 10.4 Å². The molecule has 8 heteroatoms. The van der Waals surface area contributed by atoms with Crippen molar-refractivity contribution in [3.05, 3.63) is 74.6 Å². The smallest absolute Gasteiger partial charge is 0.327 e. The van der Waals surface area contributed by atoms with E-state index in [1.807, 2.05) is 30.3 Å². The maximum Gasteiger partial charge on any atom is 0.327 e. The number of carboxylic acid groups (broad SMARTS) is 1. The van der Waals surface area contributed by atoms with Gasteiger partial charge in [-0.05, 0) is 23.8 Å². The van der Waals surface area contributed by atoms with Crippen LogP contribution in [-0.4, -0.2) is 32.2 Å². The molecule has 2 aromatic rings. The van der Waals surface area contributed by atoms with Crippen molar-refractivity contribution < 1.29 is 14.7 Å². The van der Waals surface area contributed by atoms with E-state index < -0.39 is 17.9 Å². The molecular formula is C19H13Cl2NO3S2. The summed E-state index contributed by atoms with van der Waals surface area (Å²) in [7, 11) is 0. The van der Waals surface area contributed by atoms with E-state index >= 15 is 0 Å². The Balaban J connectivity index is 1.92. The number of amides is 1. The van der Waals surface area contributed by atoms with Crippen LogP contribution in [0.1, 0.15) is 11.1 Å². The van der Waals surface area contributed by atoms with Gasteiger partial charge in [-0.2, -0.15) is 0 Å². The largest absolute Gasteiger partial charge is 0.480 e. The zero-order valence-electron chi connectivity index (χ0n) is 13.8. The number of carboxylic acids is 1. The molecule has 0 saturated carbocycles. The van der Waals surface area contributed by atoms with Gasteiger partial charge in [-0.25, -0.2) is 4.79 Å². The molecule has 27 heavy (non-hydrogen) atoms. The lowest BCUT2D eigenvalue weighted by molar-refractivity contribution is -0.145. The standard InChI is InChI=1S/C19H13Cl2NO3S2/c20-13-7-4-8-14(21)12(13)10-16-17(23)22(19(26)27-16)15(18(24)25)9-11-5-2-1-3-6-11/h1-8,10,15H,9H2,(H,24,25)/b16-10-/t15-/m1/s1. The highest BCUT2D eigenvalue weighted by atomic mass is 35.5. The van der Waals surface area contributed by atoms with Gasteiger partial charge in [-0.3, -0.25) is 9.69 Å². The fraction of sp³-hybridized carbons (Fsp3) is 0.105. The number of halogens is 2. The first kappa shape index (κ1) is 19.9. The topological polar surface area (TPSA) is 57.6 Å². The average molecular weight is 438 g/mol. The van der Waals surface area contributed by atoms with Gasteiger partial charge in [0.05, 0.1) is 4.91 Å². The third kappa shape index (κ3) is 4.35. The molecule has 1 heterocycles. The number of thioether (sulfide) groups is 1. The summed E-state index contributed by atoms with van der Waals surface area (Å²) in [4.78, 5) is 26.1. The van der Waals surface area contributed by atoms with Crippen LogP contribution in [0.25, 0.3) is 6.08 Å². The third-order valence-corrected chi connectivity index (χ3v) is 5.96. The maximum absolute atomic E-state index is 12.9. The third-order valence-electron chi connectivity index (χ3n) is 3.97. The maximum atomic E-state index is 12.9. The predicted molar refractivity (Wildman–Crippen MR) is 113 cm³/mol. The molecule has 0 spiro atoms. The molecule has 0 radical (unpaired) electrons. The Bertz CT molecular complexity index is 927. The molecule has 2 aromatic carbocycles. The number of hydrogen-bond donors (Lipinski definition) is 1. The molecule has 0 aliphatic carbocycles. The summed E-state index contributed by atoms with van der Waals surface area (Å²) in [6.07, 6.45) is 1.70. The number of nitrogens with zero attached hydrogens (tertiary/aromatic N) is 1. The molecule has 3 rings (SSSR count). The molecule has 1 N–H and O–H groups in total. The van der Waals surface area contributed by atoms with Crippen LogP contribution < -0.4 is 0 Å². The second-order valence-electron chi connectivity index (χ2n) is 5.73. The first-order chi connectivity index (χ1) is 12.9. The van der Waals surface area contributed by atoms with Crippen LogP contribution in [0.4, 0.5) is 0 Å². The van der Waals surface area contributed by atoms with E-state index in [1.54, 1.807) is 24.3 Å². The minimum Gasteiger partial charge on any atom is -0.480 e. The van der Waals surface area contributed by atoms with Crippen molar-refractivity contribution in [1.29, 1.82) is 0 Å². The minimum absolute atomic E-state index is 0.155. The zero-order chi connectivity index (χ0) is 19.6. The summed E-state index contributed by atoms with van der Waals surface area (Å²) < 4.78 is 0.192. The second kappa shape index (κ2) is 8.44. The van der Waals surface area contributed by atoms with Crippen LogP contribution >= 0.6 is 47.2 Å².